The van der Waals surface area contributed by atoms with Gasteiger partial charge in [0.15, 0.2) is 0 Å². The Bertz CT molecular complexity index is 577. The number of likely N-dealkylation sites (tertiary alicyclic amines) is 1. The van der Waals surface area contributed by atoms with Crippen molar-refractivity contribution in [2.45, 2.75) is 25.8 Å². The van der Waals surface area contributed by atoms with Crippen LogP contribution < -0.4 is 5.32 Å². The average molecular weight is 287 g/mol. The summed E-state index contributed by atoms with van der Waals surface area (Å²) >= 11 is 0. The van der Waals surface area contributed by atoms with Crippen molar-refractivity contribution < 1.29 is 14.7 Å². The van der Waals surface area contributed by atoms with E-state index in [1.807, 2.05) is 13.0 Å². The first-order valence-electron chi connectivity index (χ1n) is 6.83. The third-order valence-electron chi connectivity index (χ3n) is 3.71. The standard InChI is InChI=1S/C15H17N3O3/c1-10-3-2-8-18(13(10)14(19)20)15(21)17-12-6-4-11(9-16)5-7-12/h4-7,10,13H,2-3,8H2,1H3,(H,17,21)(H,19,20). The molecule has 1 saturated heterocycles. The Morgan fingerprint density at radius 2 is 2.05 bits per heavy atom. The van der Waals surface area contributed by atoms with E-state index in [1.165, 1.54) is 4.90 Å². The minimum Gasteiger partial charge on any atom is -0.480 e. The molecule has 1 fully saturated rings. The van der Waals surface area contributed by atoms with Gasteiger partial charge >= 0.3 is 12.0 Å². The Hall–Kier alpha value is -2.55. The number of aliphatic carboxylic acids is 1. The van der Waals surface area contributed by atoms with Gasteiger partial charge in [0.05, 0.1) is 11.6 Å². The summed E-state index contributed by atoms with van der Waals surface area (Å²) < 4.78 is 0. The number of anilines is 1. The van der Waals surface area contributed by atoms with Gasteiger partial charge in [-0.05, 0) is 43.0 Å². The van der Waals surface area contributed by atoms with Crippen molar-refractivity contribution in [3.63, 3.8) is 0 Å². The summed E-state index contributed by atoms with van der Waals surface area (Å²) in [6, 6.07) is 7.24. The normalized spacial score (nSPS) is 21.4. The van der Waals surface area contributed by atoms with E-state index in [2.05, 4.69) is 5.32 Å². The van der Waals surface area contributed by atoms with Crippen LogP contribution in [-0.2, 0) is 4.79 Å². The summed E-state index contributed by atoms with van der Waals surface area (Å²) in [5.41, 5.74) is 1.05. The van der Waals surface area contributed by atoms with Crippen molar-refractivity contribution in [3.05, 3.63) is 29.8 Å². The van der Waals surface area contributed by atoms with Crippen LogP contribution in [0.25, 0.3) is 0 Å². The molecule has 1 heterocycles. The van der Waals surface area contributed by atoms with E-state index in [0.717, 1.165) is 12.8 Å². The molecule has 6 heteroatoms. The van der Waals surface area contributed by atoms with E-state index in [1.54, 1.807) is 24.3 Å². The van der Waals surface area contributed by atoms with Crippen LogP contribution in [0.5, 0.6) is 0 Å². The fraction of sp³-hybridized carbons (Fsp3) is 0.400. The summed E-state index contributed by atoms with van der Waals surface area (Å²) in [5.74, 6) is -1.04. The van der Waals surface area contributed by atoms with Gasteiger partial charge in [-0.15, -0.1) is 0 Å². The number of piperidine rings is 1. The molecule has 2 unspecified atom stereocenters. The number of carboxylic acid groups (broad SMARTS) is 1. The number of carboxylic acids is 1. The highest BCUT2D eigenvalue weighted by Crippen LogP contribution is 2.24. The zero-order chi connectivity index (χ0) is 15.4. The Morgan fingerprint density at radius 3 is 2.62 bits per heavy atom. The number of hydrogen-bond acceptors (Lipinski definition) is 3. The van der Waals surface area contributed by atoms with Gasteiger partial charge in [-0.1, -0.05) is 6.92 Å². The van der Waals surface area contributed by atoms with Crippen LogP contribution in [0.2, 0.25) is 0 Å². The number of carbonyl (C=O) groups excluding carboxylic acids is 1. The van der Waals surface area contributed by atoms with Crippen LogP contribution in [0.4, 0.5) is 10.5 Å². The maximum Gasteiger partial charge on any atom is 0.326 e. The van der Waals surface area contributed by atoms with Crippen LogP contribution in [-0.4, -0.2) is 34.6 Å². The molecule has 0 radical (unpaired) electrons. The summed E-state index contributed by atoms with van der Waals surface area (Å²) in [6.45, 7) is 2.28. The molecule has 1 aliphatic heterocycles. The number of hydrogen-bond donors (Lipinski definition) is 2. The molecule has 2 rings (SSSR count). The SMILES string of the molecule is CC1CCCN(C(=O)Nc2ccc(C#N)cc2)C1C(=O)O. The summed E-state index contributed by atoms with van der Waals surface area (Å²) in [5, 5.41) is 20.7. The van der Waals surface area contributed by atoms with Crippen molar-refractivity contribution >= 4 is 17.7 Å². The Kier molecular flexibility index (Phi) is 4.43. The first kappa shape index (κ1) is 14.9. The van der Waals surface area contributed by atoms with E-state index >= 15 is 0 Å². The molecular formula is C15H17N3O3. The highest BCUT2D eigenvalue weighted by Gasteiger charge is 2.37. The van der Waals surface area contributed by atoms with Gasteiger partial charge in [-0.2, -0.15) is 5.26 Å². The number of rotatable bonds is 2. The maximum atomic E-state index is 12.3. The van der Waals surface area contributed by atoms with Gasteiger partial charge in [0.2, 0.25) is 0 Å². The lowest BCUT2D eigenvalue weighted by molar-refractivity contribution is -0.145. The van der Waals surface area contributed by atoms with Crippen LogP contribution >= 0.6 is 0 Å². The minimum absolute atomic E-state index is 0.0667. The number of urea groups is 1. The molecule has 0 bridgehead atoms. The highest BCUT2D eigenvalue weighted by molar-refractivity contribution is 5.92. The van der Waals surface area contributed by atoms with Crippen LogP contribution in [0.3, 0.4) is 0 Å². The molecule has 1 aromatic carbocycles. The van der Waals surface area contributed by atoms with Gasteiger partial charge in [0, 0.05) is 12.2 Å². The molecule has 21 heavy (non-hydrogen) atoms. The van der Waals surface area contributed by atoms with Gasteiger partial charge in [-0.3, -0.25) is 0 Å². The summed E-state index contributed by atoms with van der Waals surface area (Å²) in [4.78, 5) is 25.0. The fourth-order valence-corrected chi connectivity index (χ4v) is 2.62. The highest BCUT2D eigenvalue weighted by atomic mass is 16.4. The van der Waals surface area contributed by atoms with Gasteiger partial charge in [-0.25, -0.2) is 9.59 Å². The largest absolute Gasteiger partial charge is 0.480 e. The van der Waals surface area contributed by atoms with E-state index in [0.29, 0.717) is 17.8 Å². The first-order valence-corrected chi connectivity index (χ1v) is 6.83. The molecule has 2 atom stereocenters. The van der Waals surface area contributed by atoms with E-state index < -0.39 is 18.0 Å². The quantitative estimate of drug-likeness (QED) is 0.872. The number of nitriles is 1. The third kappa shape index (κ3) is 3.31. The molecule has 1 aromatic rings. The molecule has 2 amide bonds. The fourth-order valence-electron chi connectivity index (χ4n) is 2.62. The van der Waals surface area contributed by atoms with E-state index in [9.17, 15) is 14.7 Å². The van der Waals surface area contributed by atoms with E-state index in [-0.39, 0.29) is 5.92 Å². The molecule has 2 N–H and O–H groups in total. The lowest BCUT2D eigenvalue weighted by Gasteiger charge is -2.37. The van der Waals surface area contributed by atoms with Crippen LogP contribution in [0, 0.1) is 17.2 Å². The molecular weight excluding hydrogens is 270 g/mol. The molecule has 0 aromatic heterocycles. The molecule has 0 saturated carbocycles. The van der Waals surface area contributed by atoms with Crippen molar-refractivity contribution in [2.24, 2.45) is 5.92 Å². The van der Waals surface area contributed by atoms with Gasteiger partial charge in [0.1, 0.15) is 6.04 Å². The molecule has 1 aliphatic rings. The number of carbonyl (C=O) groups is 2. The average Bonchev–Trinajstić information content (AvgIpc) is 2.47. The Balaban J connectivity index is 2.10. The zero-order valence-electron chi connectivity index (χ0n) is 11.7. The van der Waals surface area contributed by atoms with Crippen molar-refractivity contribution in [3.8, 4) is 6.07 Å². The number of benzene rings is 1. The van der Waals surface area contributed by atoms with Crippen molar-refractivity contribution in [1.29, 1.82) is 5.26 Å². The zero-order valence-corrected chi connectivity index (χ0v) is 11.7. The Labute approximate surface area is 123 Å². The third-order valence-corrected chi connectivity index (χ3v) is 3.71. The lowest BCUT2D eigenvalue weighted by Crippen LogP contribution is -2.53. The topological polar surface area (TPSA) is 93.4 Å². The predicted octanol–water partition coefficient (Wildman–Crippen LogP) is 2.28. The van der Waals surface area contributed by atoms with Crippen LogP contribution in [0.15, 0.2) is 24.3 Å². The Morgan fingerprint density at radius 1 is 1.38 bits per heavy atom. The smallest absolute Gasteiger partial charge is 0.326 e. The molecule has 0 aliphatic carbocycles. The maximum absolute atomic E-state index is 12.3. The van der Waals surface area contributed by atoms with Gasteiger partial charge < -0.3 is 15.3 Å². The van der Waals surface area contributed by atoms with Crippen molar-refractivity contribution in [2.75, 3.05) is 11.9 Å². The second-order valence-electron chi connectivity index (χ2n) is 5.22. The second kappa shape index (κ2) is 6.27. The number of nitrogens with one attached hydrogen (secondary N) is 1. The van der Waals surface area contributed by atoms with E-state index in [4.69, 9.17) is 5.26 Å². The summed E-state index contributed by atoms with van der Waals surface area (Å²) in [6.07, 6.45) is 1.60. The molecule has 6 nitrogen and oxygen atoms in total. The molecule has 110 valence electrons. The number of amides is 2. The molecule has 0 spiro atoms. The lowest BCUT2D eigenvalue weighted by atomic mass is 9.91. The van der Waals surface area contributed by atoms with Crippen LogP contribution in [0.1, 0.15) is 25.3 Å². The predicted molar refractivity (Wildman–Crippen MR) is 76.7 cm³/mol. The minimum atomic E-state index is -0.975. The second-order valence-corrected chi connectivity index (χ2v) is 5.22. The number of nitrogens with zero attached hydrogens (tertiary/aromatic N) is 2. The van der Waals surface area contributed by atoms with Crippen molar-refractivity contribution in [1.82, 2.24) is 4.90 Å². The monoisotopic (exact) mass is 287 g/mol. The summed E-state index contributed by atoms with van der Waals surface area (Å²) in [7, 11) is 0. The van der Waals surface area contributed by atoms with Gasteiger partial charge in [0.25, 0.3) is 0 Å². The first-order chi connectivity index (χ1) is 10.0.